The zero-order chi connectivity index (χ0) is 14.5. The van der Waals surface area contributed by atoms with Crippen LogP contribution in [0.4, 0.5) is 0 Å². The lowest BCUT2D eigenvalue weighted by Crippen LogP contribution is -2.03. The molecule has 7 heteroatoms. The van der Waals surface area contributed by atoms with Crippen LogP contribution >= 0.6 is 0 Å². The Morgan fingerprint density at radius 2 is 1.95 bits per heavy atom. The predicted octanol–water partition coefficient (Wildman–Crippen LogP) is 1.97. The van der Waals surface area contributed by atoms with Gasteiger partial charge in [-0.15, -0.1) is 0 Å². The Kier molecular flexibility index (Phi) is 4.09. The van der Waals surface area contributed by atoms with E-state index in [0.717, 1.165) is 5.56 Å². The molecular weight excluding hydrogens is 266 g/mol. The lowest BCUT2D eigenvalue weighted by Gasteiger charge is -2.14. The van der Waals surface area contributed by atoms with E-state index >= 15 is 0 Å². The summed E-state index contributed by atoms with van der Waals surface area (Å²) in [4.78, 5) is 11.0. The Bertz CT molecular complexity index is 568. The molecule has 0 amide bonds. The van der Waals surface area contributed by atoms with E-state index in [0.29, 0.717) is 5.75 Å². The van der Waals surface area contributed by atoms with E-state index in [1.807, 2.05) is 0 Å². The highest BCUT2D eigenvalue weighted by Gasteiger charge is 2.17. The highest BCUT2D eigenvalue weighted by atomic mass is 16.5. The SMILES string of the molecule is COc1cc(C(=O)O)cc(OC)c1OCc1cnoc1. The van der Waals surface area contributed by atoms with Crippen molar-refractivity contribution in [3.05, 3.63) is 35.7 Å². The minimum atomic E-state index is -1.08. The first kappa shape index (κ1) is 13.7. The fourth-order valence-electron chi connectivity index (χ4n) is 1.60. The number of rotatable bonds is 6. The summed E-state index contributed by atoms with van der Waals surface area (Å²) in [5.74, 6) is -0.204. The van der Waals surface area contributed by atoms with Crippen molar-refractivity contribution in [3.63, 3.8) is 0 Å². The molecule has 2 rings (SSSR count). The normalized spacial score (nSPS) is 10.1. The summed E-state index contributed by atoms with van der Waals surface area (Å²) in [7, 11) is 2.85. The fourth-order valence-corrected chi connectivity index (χ4v) is 1.60. The maximum atomic E-state index is 11.0. The Balaban J connectivity index is 2.32. The number of ether oxygens (including phenoxy) is 3. The van der Waals surface area contributed by atoms with E-state index in [4.69, 9.17) is 23.8 Å². The van der Waals surface area contributed by atoms with Gasteiger partial charge in [-0.2, -0.15) is 0 Å². The van der Waals surface area contributed by atoms with Gasteiger partial charge < -0.3 is 23.8 Å². The molecule has 0 radical (unpaired) electrons. The summed E-state index contributed by atoms with van der Waals surface area (Å²) in [6, 6.07) is 2.74. The number of aromatic carboxylic acids is 1. The maximum Gasteiger partial charge on any atom is 0.335 e. The maximum absolute atomic E-state index is 11.0. The molecule has 0 aliphatic carbocycles. The lowest BCUT2D eigenvalue weighted by atomic mass is 10.2. The molecule has 1 heterocycles. The quantitative estimate of drug-likeness (QED) is 0.864. The molecule has 0 spiro atoms. The molecule has 106 valence electrons. The zero-order valence-electron chi connectivity index (χ0n) is 11.0. The smallest absolute Gasteiger partial charge is 0.335 e. The topological polar surface area (TPSA) is 91.0 Å². The second-order valence-corrected chi connectivity index (χ2v) is 3.84. The van der Waals surface area contributed by atoms with Gasteiger partial charge in [0.05, 0.1) is 26.0 Å². The minimum Gasteiger partial charge on any atom is -0.493 e. The molecule has 0 fully saturated rings. The number of carboxylic acid groups (broad SMARTS) is 1. The van der Waals surface area contributed by atoms with Crippen LogP contribution in [0.3, 0.4) is 0 Å². The summed E-state index contributed by atoms with van der Waals surface area (Å²) in [6.45, 7) is 0.197. The molecule has 0 atom stereocenters. The molecule has 0 aliphatic heterocycles. The van der Waals surface area contributed by atoms with Crippen LogP contribution in [0.2, 0.25) is 0 Å². The highest BCUT2D eigenvalue weighted by molar-refractivity contribution is 5.89. The Morgan fingerprint density at radius 3 is 2.40 bits per heavy atom. The Labute approximate surface area is 114 Å². The predicted molar refractivity (Wildman–Crippen MR) is 67.3 cm³/mol. The van der Waals surface area contributed by atoms with Crippen molar-refractivity contribution in [2.45, 2.75) is 6.61 Å². The highest BCUT2D eigenvalue weighted by Crippen LogP contribution is 2.39. The second-order valence-electron chi connectivity index (χ2n) is 3.84. The number of methoxy groups -OCH3 is 2. The molecule has 0 saturated heterocycles. The number of hydrogen-bond donors (Lipinski definition) is 1. The van der Waals surface area contributed by atoms with Gasteiger partial charge in [0.1, 0.15) is 12.9 Å². The second kappa shape index (κ2) is 5.96. The van der Waals surface area contributed by atoms with Crippen molar-refractivity contribution in [3.8, 4) is 17.2 Å². The largest absolute Gasteiger partial charge is 0.493 e. The van der Waals surface area contributed by atoms with Crippen LogP contribution in [0.5, 0.6) is 17.2 Å². The first-order valence-corrected chi connectivity index (χ1v) is 5.66. The third-order valence-corrected chi connectivity index (χ3v) is 2.57. The van der Waals surface area contributed by atoms with Gasteiger partial charge in [0.2, 0.25) is 5.75 Å². The number of carboxylic acids is 1. The van der Waals surface area contributed by atoms with Crippen LogP contribution in [0.25, 0.3) is 0 Å². The van der Waals surface area contributed by atoms with Gasteiger partial charge >= 0.3 is 5.97 Å². The van der Waals surface area contributed by atoms with Crippen LogP contribution in [0.1, 0.15) is 15.9 Å². The molecule has 2 aromatic rings. The first-order valence-electron chi connectivity index (χ1n) is 5.66. The van der Waals surface area contributed by atoms with Crippen LogP contribution < -0.4 is 14.2 Å². The summed E-state index contributed by atoms with van der Waals surface area (Å²) >= 11 is 0. The van der Waals surface area contributed by atoms with Crippen molar-refractivity contribution in [1.82, 2.24) is 5.16 Å². The number of nitrogens with zero attached hydrogens (tertiary/aromatic N) is 1. The molecule has 1 aromatic carbocycles. The van der Waals surface area contributed by atoms with E-state index in [9.17, 15) is 4.79 Å². The summed E-state index contributed by atoms with van der Waals surface area (Å²) in [5.41, 5.74) is 0.785. The molecule has 1 N–H and O–H groups in total. The molecule has 0 aliphatic rings. The van der Waals surface area contributed by atoms with Gasteiger partial charge in [-0.1, -0.05) is 5.16 Å². The molecule has 0 unspecified atom stereocenters. The van der Waals surface area contributed by atoms with Crippen molar-refractivity contribution >= 4 is 5.97 Å². The number of benzene rings is 1. The third-order valence-electron chi connectivity index (χ3n) is 2.57. The number of aromatic nitrogens is 1. The number of carbonyl (C=O) groups is 1. The van der Waals surface area contributed by atoms with E-state index < -0.39 is 5.97 Å². The molecule has 0 bridgehead atoms. The van der Waals surface area contributed by atoms with Crippen LogP contribution in [-0.4, -0.2) is 30.5 Å². The molecule has 7 nitrogen and oxygen atoms in total. The number of hydrogen-bond acceptors (Lipinski definition) is 6. The molecule has 1 aromatic heterocycles. The van der Waals surface area contributed by atoms with Crippen LogP contribution in [0.15, 0.2) is 29.1 Å². The van der Waals surface area contributed by atoms with Crippen molar-refractivity contribution in [1.29, 1.82) is 0 Å². The zero-order valence-corrected chi connectivity index (χ0v) is 11.0. The van der Waals surface area contributed by atoms with Gasteiger partial charge in [0.25, 0.3) is 0 Å². The first-order chi connectivity index (χ1) is 9.65. The van der Waals surface area contributed by atoms with Gasteiger partial charge in [-0.25, -0.2) is 4.79 Å². The van der Waals surface area contributed by atoms with Crippen LogP contribution in [-0.2, 0) is 6.61 Å². The van der Waals surface area contributed by atoms with Gasteiger partial charge in [-0.05, 0) is 12.1 Å². The Morgan fingerprint density at radius 1 is 1.30 bits per heavy atom. The summed E-state index contributed by atoms with van der Waals surface area (Å²) < 4.78 is 20.6. The Hall–Kier alpha value is -2.70. The summed E-state index contributed by atoms with van der Waals surface area (Å²) in [6.07, 6.45) is 2.97. The van der Waals surface area contributed by atoms with Gasteiger partial charge in [-0.3, -0.25) is 0 Å². The van der Waals surface area contributed by atoms with E-state index in [1.54, 1.807) is 0 Å². The van der Waals surface area contributed by atoms with E-state index in [-0.39, 0.29) is 23.7 Å². The third kappa shape index (κ3) is 2.82. The average molecular weight is 279 g/mol. The van der Waals surface area contributed by atoms with E-state index in [2.05, 4.69) is 5.16 Å². The standard InChI is InChI=1S/C13H13NO6/c1-17-10-3-9(13(15)16)4-11(18-2)12(10)19-6-8-5-14-20-7-8/h3-5,7H,6H2,1-2H3,(H,15,16). The summed E-state index contributed by atoms with van der Waals surface area (Å²) in [5, 5.41) is 12.6. The van der Waals surface area contributed by atoms with E-state index in [1.165, 1.54) is 38.8 Å². The van der Waals surface area contributed by atoms with Crippen molar-refractivity contribution in [2.24, 2.45) is 0 Å². The average Bonchev–Trinajstić information content (AvgIpc) is 2.97. The van der Waals surface area contributed by atoms with Crippen molar-refractivity contribution in [2.75, 3.05) is 14.2 Å². The van der Waals surface area contributed by atoms with Crippen LogP contribution in [0, 0.1) is 0 Å². The van der Waals surface area contributed by atoms with Gasteiger partial charge in [0, 0.05) is 5.56 Å². The monoisotopic (exact) mass is 279 g/mol. The van der Waals surface area contributed by atoms with Crippen molar-refractivity contribution < 1.29 is 28.6 Å². The fraction of sp³-hybridized carbons (Fsp3) is 0.231. The molecule has 20 heavy (non-hydrogen) atoms. The van der Waals surface area contributed by atoms with Gasteiger partial charge in [0.15, 0.2) is 11.5 Å². The lowest BCUT2D eigenvalue weighted by molar-refractivity contribution is 0.0696. The molecule has 0 saturated carbocycles. The molecular formula is C13H13NO6. The minimum absolute atomic E-state index is 0.0519.